The quantitative estimate of drug-likeness (QED) is 0.719. The molecule has 1 saturated heterocycles. The lowest BCUT2D eigenvalue weighted by molar-refractivity contribution is -0.118. The summed E-state index contributed by atoms with van der Waals surface area (Å²) in [6, 6.07) is 0. The van der Waals surface area contributed by atoms with Gasteiger partial charge in [-0.15, -0.1) is 0 Å². The van der Waals surface area contributed by atoms with Gasteiger partial charge in [-0.3, -0.25) is 4.79 Å². The van der Waals surface area contributed by atoms with E-state index in [1.54, 1.807) is 0 Å². The van der Waals surface area contributed by atoms with Crippen molar-refractivity contribution in [2.24, 2.45) is 28.6 Å². The Morgan fingerprint density at radius 1 is 1.21 bits per heavy atom. The number of hydrogen-bond donors (Lipinski definition) is 0. The number of likely N-dealkylation sites (tertiary alicyclic amines) is 1. The monoisotopic (exact) mass is 347 g/mol. The van der Waals surface area contributed by atoms with Gasteiger partial charge in [0.15, 0.2) is 5.78 Å². The fraction of sp³-hybridized carbons (Fsp3) is 0.857. The molecule has 0 aromatic carbocycles. The molecule has 3 aliphatic carbocycles. The average molecular weight is 348 g/mol. The van der Waals surface area contributed by atoms with Crippen LogP contribution in [0.25, 0.3) is 0 Å². The van der Waals surface area contributed by atoms with Crippen LogP contribution in [0.4, 0.5) is 0 Å². The van der Waals surface area contributed by atoms with E-state index in [9.17, 15) is 4.79 Å². The van der Waals surface area contributed by atoms with Crippen molar-refractivity contribution in [3.8, 4) is 0 Å². The topological polar surface area (TPSA) is 20.3 Å². The molecule has 0 radical (unpaired) electrons. The molecule has 134 valence electrons. The van der Waals surface area contributed by atoms with Crippen molar-refractivity contribution >= 4 is 17.5 Å². The molecule has 4 rings (SSSR count). The second kappa shape index (κ2) is 5.79. The maximum absolute atomic E-state index is 12.0. The highest BCUT2D eigenvalue weighted by atomic mass is 32.2. The second-order valence-electron chi connectivity index (χ2n) is 9.24. The molecule has 0 aromatic rings. The van der Waals surface area contributed by atoms with Crippen LogP contribution in [0.1, 0.15) is 59.3 Å². The number of hydrogen-bond acceptors (Lipinski definition) is 3. The number of nitrogens with zero attached hydrogens (tertiary/aromatic N) is 1. The van der Waals surface area contributed by atoms with E-state index in [0.29, 0.717) is 11.2 Å². The predicted molar refractivity (Wildman–Crippen MR) is 102 cm³/mol. The lowest BCUT2D eigenvalue weighted by Gasteiger charge is -2.60. The Kier molecular flexibility index (Phi) is 4.10. The molecule has 1 aliphatic heterocycles. The van der Waals surface area contributed by atoms with Gasteiger partial charge >= 0.3 is 0 Å². The van der Waals surface area contributed by atoms with E-state index in [0.717, 1.165) is 35.8 Å². The van der Waals surface area contributed by atoms with E-state index in [1.165, 1.54) is 43.7 Å². The van der Waals surface area contributed by atoms with E-state index in [1.807, 2.05) is 6.08 Å². The van der Waals surface area contributed by atoms with E-state index < -0.39 is 0 Å². The number of thioether (sulfide) groups is 1. The summed E-state index contributed by atoms with van der Waals surface area (Å²) in [5.41, 5.74) is 2.13. The zero-order chi connectivity index (χ0) is 17.1. The summed E-state index contributed by atoms with van der Waals surface area (Å²) < 4.78 is 0. The standard InChI is InChI=1S/C21H33NOS/c1-5-24-19-7-6-16-15-13-22(4)18-12-14(23)8-10-20(18,2)17(15)9-11-21(16,19)3/h12,15-17,19H,5-11,13H2,1-4H3/t15-,16-,17+,19?,20+,21-/m0/s1. The van der Waals surface area contributed by atoms with Crippen LogP contribution in [-0.4, -0.2) is 35.3 Å². The molecule has 0 spiro atoms. The first-order valence-electron chi connectivity index (χ1n) is 9.98. The summed E-state index contributed by atoms with van der Waals surface area (Å²) in [4.78, 5) is 14.5. The molecule has 0 aromatic heterocycles. The van der Waals surface area contributed by atoms with Crippen LogP contribution in [0.5, 0.6) is 0 Å². The summed E-state index contributed by atoms with van der Waals surface area (Å²) in [6.07, 6.45) is 9.43. The predicted octanol–water partition coefficient (Wildman–Crippen LogP) is 4.75. The Morgan fingerprint density at radius 3 is 2.75 bits per heavy atom. The minimum Gasteiger partial charge on any atom is -0.377 e. The molecule has 3 fully saturated rings. The first-order valence-corrected chi connectivity index (χ1v) is 11.0. The van der Waals surface area contributed by atoms with Crippen LogP contribution in [0.3, 0.4) is 0 Å². The van der Waals surface area contributed by atoms with Crippen LogP contribution >= 0.6 is 11.8 Å². The Bertz CT molecular complexity index is 572. The normalized spacial score (nSPS) is 47.8. The number of rotatable bonds is 2. The van der Waals surface area contributed by atoms with Gasteiger partial charge in [0.1, 0.15) is 0 Å². The third-order valence-corrected chi connectivity index (χ3v) is 9.72. The van der Waals surface area contributed by atoms with Gasteiger partial charge in [-0.1, -0.05) is 20.8 Å². The highest BCUT2D eigenvalue weighted by molar-refractivity contribution is 7.99. The van der Waals surface area contributed by atoms with E-state index in [-0.39, 0.29) is 5.41 Å². The summed E-state index contributed by atoms with van der Waals surface area (Å²) in [7, 11) is 2.23. The molecule has 0 amide bonds. The summed E-state index contributed by atoms with van der Waals surface area (Å²) in [5.74, 6) is 4.10. The first kappa shape index (κ1) is 17.0. The number of allylic oxidation sites excluding steroid dienone is 2. The van der Waals surface area contributed by atoms with Crippen LogP contribution < -0.4 is 0 Å². The third kappa shape index (κ3) is 2.26. The Hall–Kier alpha value is -0.440. The number of carbonyl (C=O) groups is 1. The SMILES string of the molecule is CCSC1CC[C@H]2[C@@H]3CN(C)C4=CC(=O)CC[C@]4(C)[C@@H]3CC[C@]12C. The lowest BCUT2D eigenvalue weighted by atomic mass is 9.50. The minimum atomic E-state index is 0.239. The highest BCUT2D eigenvalue weighted by Gasteiger charge is 2.59. The Balaban J connectivity index is 1.67. The number of piperidine rings is 1. The van der Waals surface area contributed by atoms with Crippen molar-refractivity contribution in [3.63, 3.8) is 0 Å². The smallest absolute Gasteiger partial charge is 0.157 e. The minimum absolute atomic E-state index is 0.239. The van der Waals surface area contributed by atoms with Gasteiger partial charge in [0.2, 0.25) is 0 Å². The molecule has 2 saturated carbocycles. The van der Waals surface area contributed by atoms with Gasteiger partial charge in [-0.2, -0.15) is 11.8 Å². The molecular formula is C21H33NOS. The third-order valence-electron chi connectivity index (χ3n) is 8.21. The largest absolute Gasteiger partial charge is 0.377 e. The zero-order valence-electron chi connectivity index (χ0n) is 15.8. The molecule has 0 bridgehead atoms. The fourth-order valence-corrected chi connectivity index (χ4v) is 8.38. The molecule has 4 aliphatic rings. The molecule has 6 atom stereocenters. The van der Waals surface area contributed by atoms with Crippen molar-refractivity contribution < 1.29 is 4.79 Å². The van der Waals surface area contributed by atoms with E-state index >= 15 is 0 Å². The van der Waals surface area contributed by atoms with Gasteiger partial charge in [-0.05, 0) is 61.0 Å². The van der Waals surface area contributed by atoms with E-state index in [2.05, 4.69) is 44.5 Å². The summed E-state index contributed by atoms with van der Waals surface area (Å²) in [5, 5.41) is 0.872. The van der Waals surface area contributed by atoms with Gasteiger partial charge in [0.25, 0.3) is 0 Å². The van der Waals surface area contributed by atoms with Crippen LogP contribution in [0.2, 0.25) is 0 Å². The van der Waals surface area contributed by atoms with Crippen LogP contribution in [0, 0.1) is 28.6 Å². The van der Waals surface area contributed by atoms with Gasteiger partial charge in [0, 0.05) is 42.5 Å². The van der Waals surface area contributed by atoms with Crippen molar-refractivity contribution in [3.05, 3.63) is 11.8 Å². The Labute approximate surface area is 151 Å². The average Bonchev–Trinajstić information content (AvgIpc) is 2.87. The van der Waals surface area contributed by atoms with Crippen molar-refractivity contribution in [1.82, 2.24) is 4.90 Å². The number of carbonyl (C=O) groups excluding carboxylic acids is 1. The van der Waals surface area contributed by atoms with Crippen molar-refractivity contribution in [2.45, 2.75) is 64.5 Å². The van der Waals surface area contributed by atoms with Crippen molar-refractivity contribution in [1.29, 1.82) is 0 Å². The molecule has 24 heavy (non-hydrogen) atoms. The van der Waals surface area contributed by atoms with Crippen LogP contribution in [-0.2, 0) is 4.79 Å². The molecule has 1 heterocycles. The highest BCUT2D eigenvalue weighted by Crippen LogP contribution is 2.65. The number of ketones is 1. The molecular weight excluding hydrogens is 314 g/mol. The first-order chi connectivity index (χ1) is 11.4. The van der Waals surface area contributed by atoms with E-state index in [4.69, 9.17) is 0 Å². The lowest BCUT2D eigenvalue weighted by Crippen LogP contribution is -2.57. The Morgan fingerprint density at radius 2 is 2.00 bits per heavy atom. The summed E-state index contributed by atoms with van der Waals surface area (Å²) in [6.45, 7) is 8.56. The molecule has 0 N–H and O–H groups in total. The molecule has 1 unspecified atom stereocenters. The fourth-order valence-electron chi connectivity index (χ4n) is 7.00. The van der Waals surface area contributed by atoms with Crippen molar-refractivity contribution in [2.75, 3.05) is 19.3 Å². The summed E-state index contributed by atoms with van der Waals surface area (Å²) >= 11 is 2.22. The number of fused-ring (bicyclic) bond motifs is 5. The van der Waals surface area contributed by atoms with Crippen LogP contribution in [0.15, 0.2) is 11.8 Å². The van der Waals surface area contributed by atoms with Gasteiger partial charge < -0.3 is 4.90 Å². The molecule has 3 heteroatoms. The molecule has 2 nitrogen and oxygen atoms in total. The maximum atomic E-state index is 12.0. The van der Waals surface area contributed by atoms with Gasteiger partial charge in [-0.25, -0.2) is 0 Å². The zero-order valence-corrected chi connectivity index (χ0v) is 16.6. The van der Waals surface area contributed by atoms with Gasteiger partial charge in [0.05, 0.1) is 0 Å². The maximum Gasteiger partial charge on any atom is 0.157 e. The second-order valence-corrected chi connectivity index (χ2v) is 10.7.